The number of aryl methyl sites for hydroxylation is 4. The Kier molecular flexibility index (Phi) is 10.7. The molecule has 0 spiro atoms. The largest absolute Gasteiger partial charge is 0.397 e. The van der Waals surface area contributed by atoms with Gasteiger partial charge in [-0.2, -0.15) is 26.0 Å². The first-order valence-electron chi connectivity index (χ1n) is 10.1. The van der Waals surface area contributed by atoms with Gasteiger partial charge in [-0.25, -0.2) is 0 Å². The zero-order valence-corrected chi connectivity index (χ0v) is 22.9. The number of rotatable bonds is 6. The lowest BCUT2D eigenvalue weighted by atomic mass is 10.2. The number of thiazole rings is 2. The second-order valence-electron chi connectivity index (χ2n) is 7.09. The van der Waals surface area contributed by atoms with Gasteiger partial charge in [0.25, 0.3) is 0 Å². The normalized spacial score (nSPS) is 11.6. The maximum atomic E-state index is 9.33. The Morgan fingerprint density at radius 1 is 0.714 bits per heavy atom. The van der Waals surface area contributed by atoms with Crippen LogP contribution in [0.15, 0.2) is 48.5 Å². The van der Waals surface area contributed by atoms with Crippen LogP contribution in [0.1, 0.15) is 16.4 Å². The van der Waals surface area contributed by atoms with Gasteiger partial charge < -0.3 is 0 Å². The van der Waals surface area contributed by atoms with Gasteiger partial charge in [0.1, 0.15) is 23.5 Å². The number of aromatic nitrogens is 2. The van der Waals surface area contributed by atoms with E-state index in [1.54, 1.807) is 0 Å². The summed E-state index contributed by atoms with van der Waals surface area (Å²) in [6.07, 6.45) is 3.48. The van der Waals surface area contributed by atoms with Crippen molar-refractivity contribution in [2.45, 2.75) is 19.3 Å². The monoisotopic (exact) mass is 564 g/mol. The predicted octanol–water partition coefficient (Wildman–Crippen LogP) is 2.81. The Morgan fingerprint density at radius 2 is 1.03 bits per heavy atom. The van der Waals surface area contributed by atoms with Gasteiger partial charge in [-0.15, -0.1) is 0 Å². The van der Waals surface area contributed by atoms with E-state index in [2.05, 4.69) is 80.1 Å². The smallest absolute Gasteiger partial charge is 0.264 e. The number of fused-ring (bicyclic) bond motifs is 2. The summed E-state index contributed by atoms with van der Waals surface area (Å²) in [5.41, 5.74) is 2.69. The summed E-state index contributed by atoms with van der Waals surface area (Å²) >= 11 is 3.86. The lowest BCUT2D eigenvalue weighted by Crippen LogP contribution is -2.32. The van der Waals surface area contributed by atoms with Gasteiger partial charge in [-0.3, -0.25) is 17.5 Å². The first kappa shape index (κ1) is 29.2. The molecule has 0 aliphatic rings. The van der Waals surface area contributed by atoms with E-state index in [0.29, 0.717) is 0 Å². The molecular weight excluding hydrogens is 537 g/mol. The number of nitrogens with zero attached hydrogens (tertiary/aromatic N) is 2. The van der Waals surface area contributed by atoms with E-state index >= 15 is 0 Å². The van der Waals surface area contributed by atoms with Gasteiger partial charge in [0.05, 0.1) is 14.2 Å². The standard InChI is InChI=1S/C19H20N2S2.2CH4O4S/c1-20-14-8-3-5-10-16(14)22-18(20)12-7-13-19-21(2)15-9-4-6-11-17(15)23-19;2*1-5-6(2,3)4/h3-6,8-11H,7,12-13H2,1-2H3;2*1H3,(H,2,3,4)/q+2;;. The van der Waals surface area contributed by atoms with E-state index in [-0.39, 0.29) is 0 Å². The van der Waals surface area contributed by atoms with Crippen molar-refractivity contribution in [3.05, 3.63) is 58.5 Å². The Balaban J connectivity index is 0.000000301. The fourth-order valence-electron chi connectivity index (χ4n) is 3.13. The molecule has 0 atom stereocenters. The van der Waals surface area contributed by atoms with Crippen LogP contribution < -0.4 is 9.13 Å². The maximum Gasteiger partial charge on any atom is 0.397 e. The van der Waals surface area contributed by atoms with Crippen molar-refractivity contribution in [2.75, 3.05) is 14.2 Å². The molecule has 4 aromatic rings. The zero-order chi connectivity index (χ0) is 26.2. The van der Waals surface area contributed by atoms with E-state index in [9.17, 15) is 16.8 Å². The highest BCUT2D eigenvalue weighted by Crippen LogP contribution is 2.23. The highest BCUT2D eigenvalue weighted by atomic mass is 32.3. The van der Waals surface area contributed by atoms with Crippen LogP contribution in [0.3, 0.4) is 0 Å². The summed E-state index contributed by atoms with van der Waals surface area (Å²) in [7, 11) is -2.21. The number of para-hydroxylation sites is 2. The molecule has 0 bridgehead atoms. The van der Waals surface area contributed by atoms with Crippen molar-refractivity contribution < 1.29 is 43.4 Å². The third kappa shape index (κ3) is 9.16. The summed E-state index contributed by atoms with van der Waals surface area (Å²) in [5.74, 6) is 0. The fourth-order valence-corrected chi connectivity index (χ4v) is 5.51. The molecule has 2 aromatic carbocycles. The van der Waals surface area contributed by atoms with E-state index in [4.69, 9.17) is 9.11 Å². The van der Waals surface area contributed by atoms with Crippen LogP contribution in [-0.4, -0.2) is 40.2 Å². The second-order valence-corrected chi connectivity index (χ2v) is 11.7. The molecule has 0 saturated carbocycles. The Hall–Kier alpha value is -2.04. The van der Waals surface area contributed by atoms with Crippen LogP contribution in [0.4, 0.5) is 0 Å². The lowest BCUT2D eigenvalue weighted by molar-refractivity contribution is -0.649. The van der Waals surface area contributed by atoms with Crippen molar-refractivity contribution >= 4 is 63.9 Å². The average Bonchev–Trinajstić information content (AvgIpc) is 3.31. The van der Waals surface area contributed by atoms with Gasteiger partial charge in [-0.1, -0.05) is 46.9 Å². The quantitative estimate of drug-likeness (QED) is 0.270. The molecule has 0 saturated heterocycles. The molecule has 14 heteroatoms. The summed E-state index contributed by atoms with van der Waals surface area (Å²) in [5, 5.41) is 2.94. The molecule has 0 aliphatic heterocycles. The molecule has 0 fully saturated rings. The predicted molar refractivity (Wildman–Crippen MR) is 135 cm³/mol. The van der Waals surface area contributed by atoms with Crippen molar-refractivity contribution in [1.29, 1.82) is 0 Å². The van der Waals surface area contributed by atoms with Crippen LogP contribution >= 0.6 is 22.7 Å². The molecule has 10 nitrogen and oxygen atoms in total. The van der Waals surface area contributed by atoms with Crippen molar-refractivity contribution in [1.82, 2.24) is 0 Å². The van der Waals surface area contributed by atoms with Crippen LogP contribution in [0.5, 0.6) is 0 Å². The molecule has 35 heavy (non-hydrogen) atoms. The topological polar surface area (TPSA) is 135 Å². The third-order valence-corrected chi connectivity index (χ3v) is 8.26. The Bertz CT molecular complexity index is 1370. The van der Waals surface area contributed by atoms with Crippen LogP contribution in [0.25, 0.3) is 20.4 Å². The summed E-state index contributed by atoms with van der Waals surface area (Å²) in [4.78, 5) is 0. The molecule has 2 aromatic heterocycles. The van der Waals surface area contributed by atoms with Gasteiger partial charge in [0, 0.05) is 25.0 Å². The molecule has 2 heterocycles. The highest BCUT2D eigenvalue weighted by Gasteiger charge is 2.19. The Morgan fingerprint density at radius 3 is 1.31 bits per heavy atom. The van der Waals surface area contributed by atoms with Crippen molar-refractivity contribution in [3.63, 3.8) is 0 Å². The minimum atomic E-state index is -4.16. The Labute approximate surface area is 212 Å². The second kappa shape index (κ2) is 12.8. The van der Waals surface area contributed by atoms with Gasteiger partial charge in [0.15, 0.2) is 0 Å². The average molecular weight is 565 g/mol. The van der Waals surface area contributed by atoms with Gasteiger partial charge in [-0.05, 0) is 18.6 Å². The summed E-state index contributed by atoms with van der Waals surface area (Å²) in [6, 6.07) is 17.3. The number of benzene rings is 2. The summed E-state index contributed by atoms with van der Waals surface area (Å²) in [6.45, 7) is 0. The molecule has 0 radical (unpaired) electrons. The van der Waals surface area contributed by atoms with Crippen molar-refractivity contribution in [3.8, 4) is 0 Å². The van der Waals surface area contributed by atoms with E-state index in [0.717, 1.165) is 27.1 Å². The van der Waals surface area contributed by atoms with E-state index in [1.165, 1.54) is 36.9 Å². The first-order valence-corrected chi connectivity index (χ1v) is 14.5. The number of hydrogen-bond donors (Lipinski definition) is 2. The molecule has 0 amide bonds. The molecule has 0 aliphatic carbocycles. The lowest BCUT2D eigenvalue weighted by Gasteiger charge is -1.94. The third-order valence-electron chi connectivity index (χ3n) is 4.86. The minimum Gasteiger partial charge on any atom is -0.264 e. The van der Waals surface area contributed by atoms with Gasteiger partial charge >= 0.3 is 20.8 Å². The maximum absolute atomic E-state index is 9.33. The van der Waals surface area contributed by atoms with Crippen LogP contribution in [-0.2, 0) is 56.1 Å². The summed E-state index contributed by atoms with van der Waals surface area (Å²) < 4.78 is 66.9. The molecular formula is C21H28N2O8S4+2. The molecule has 2 N–H and O–H groups in total. The van der Waals surface area contributed by atoms with Crippen molar-refractivity contribution in [2.24, 2.45) is 14.1 Å². The fraction of sp³-hybridized carbons (Fsp3) is 0.333. The highest BCUT2D eigenvalue weighted by molar-refractivity contribution is 7.81. The van der Waals surface area contributed by atoms with E-state index in [1.807, 2.05) is 22.7 Å². The molecule has 0 unspecified atom stereocenters. The van der Waals surface area contributed by atoms with E-state index < -0.39 is 20.8 Å². The molecule has 192 valence electrons. The minimum absolute atomic E-state index is 0.870. The number of hydrogen-bond acceptors (Lipinski definition) is 8. The zero-order valence-electron chi connectivity index (χ0n) is 19.6. The van der Waals surface area contributed by atoms with Crippen LogP contribution in [0.2, 0.25) is 0 Å². The SMILES string of the molecule is COS(=O)(=O)O.COS(=O)(=O)O.C[n+]1c(CCCc2sc3ccccc3[n+]2C)sc2ccccc21. The van der Waals surface area contributed by atoms with Crippen LogP contribution in [0, 0.1) is 0 Å². The van der Waals surface area contributed by atoms with Gasteiger partial charge in [0.2, 0.25) is 21.0 Å². The first-order chi connectivity index (χ1) is 16.4. The molecule has 4 rings (SSSR count).